The van der Waals surface area contributed by atoms with Gasteiger partial charge in [0.05, 0.1) is 0 Å². The first-order valence-electron chi connectivity index (χ1n) is 8.08. The van der Waals surface area contributed by atoms with Gasteiger partial charge in [0, 0.05) is 23.1 Å². The lowest BCUT2D eigenvalue weighted by molar-refractivity contribution is -0.142. The lowest BCUT2D eigenvalue weighted by Crippen LogP contribution is -2.54. The third kappa shape index (κ3) is 5.18. The van der Waals surface area contributed by atoms with E-state index in [0.717, 1.165) is 19.6 Å². The Labute approximate surface area is 165 Å². The van der Waals surface area contributed by atoms with Gasteiger partial charge in [-0.15, -0.1) is 0 Å². The molecule has 1 heterocycles. The van der Waals surface area contributed by atoms with Crippen molar-refractivity contribution in [3.05, 3.63) is 32.9 Å². The number of amides is 2. The maximum Gasteiger partial charge on any atom is 0.344 e. The molecule has 0 bridgehead atoms. The Balaban J connectivity index is 2.36. The molecule has 0 saturated heterocycles. The van der Waals surface area contributed by atoms with Gasteiger partial charge in [0.25, 0.3) is 0 Å². The molecule has 1 atom stereocenters. The number of rotatable bonds is 5. The fourth-order valence-corrected chi connectivity index (χ4v) is 4.50. The van der Waals surface area contributed by atoms with E-state index in [4.69, 9.17) is 0 Å². The van der Waals surface area contributed by atoms with Crippen LogP contribution < -0.4 is 0 Å². The molecule has 1 aliphatic rings. The molecule has 1 unspecified atom stereocenters. The van der Waals surface area contributed by atoms with Gasteiger partial charge in [-0.25, -0.2) is 9.59 Å². The lowest BCUT2D eigenvalue weighted by Gasteiger charge is -2.38. The number of halogens is 1. The quantitative estimate of drug-likeness (QED) is 0.426. The van der Waals surface area contributed by atoms with Crippen molar-refractivity contribution < 1.29 is 29.0 Å². The average molecular weight is 496 g/mol. The molecule has 1 aliphatic heterocycles. The Hall–Kier alpha value is -1.16. The van der Waals surface area contributed by atoms with Crippen molar-refractivity contribution in [1.29, 1.82) is 0 Å². The normalized spacial score (nSPS) is 17.2. The van der Waals surface area contributed by atoms with Crippen LogP contribution in [0.5, 0.6) is 0 Å². The first-order valence-corrected chi connectivity index (χ1v) is 11.0. The Kier molecular flexibility index (Phi) is 6.70. The SMILES string of the molecule is CC(C)CN(CP(=O)(O)O)C(=O)N1Cc2cccc(I)c2CC1C(=O)O. The van der Waals surface area contributed by atoms with Gasteiger partial charge < -0.3 is 24.7 Å². The van der Waals surface area contributed by atoms with Gasteiger partial charge in [-0.3, -0.25) is 4.57 Å². The van der Waals surface area contributed by atoms with Crippen molar-refractivity contribution in [3.8, 4) is 0 Å². The van der Waals surface area contributed by atoms with Crippen molar-refractivity contribution in [1.82, 2.24) is 9.80 Å². The fraction of sp³-hybridized carbons (Fsp3) is 0.500. The molecule has 1 aromatic carbocycles. The Bertz CT molecular complexity index is 750. The molecule has 0 fully saturated rings. The summed E-state index contributed by atoms with van der Waals surface area (Å²) in [5.41, 5.74) is 1.75. The molecule has 1 aromatic rings. The van der Waals surface area contributed by atoms with Gasteiger partial charge in [0.1, 0.15) is 12.3 Å². The number of hydrogen-bond donors (Lipinski definition) is 3. The van der Waals surface area contributed by atoms with Crippen LogP contribution in [0.3, 0.4) is 0 Å². The molecule has 0 spiro atoms. The molecule has 0 aromatic heterocycles. The van der Waals surface area contributed by atoms with E-state index in [1.54, 1.807) is 0 Å². The van der Waals surface area contributed by atoms with Crippen LogP contribution in [0.15, 0.2) is 18.2 Å². The molecule has 144 valence electrons. The Morgan fingerprint density at radius 1 is 1.38 bits per heavy atom. The van der Waals surface area contributed by atoms with Crippen LogP contribution in [0.4, 0.5) is 4.79 Å². The number of carbonyl (C=O) groups excluding carboxylic acids is 1. The minimum absolute atomic E-state index is 0.0215. The summed E-state index contributed by atoms with van der Waals surface area (Å²) in [6, 6.07) is 3.82. The third-order valence-electron chi connectivity index (χ3n) is 4.07. The second-order valence-corrected chi connectivity index (χ2v) is 9.54. The zero-order valence-corrected chi connectivity index (χ0v) is 17.6. The van der Waals surface area contributed by atoms with Gasteiger partial charge in [0.2, 0.25) is 0 Å². The molecule has 10 heteroatoms. The van der Waals surface area contributed by atoms with Gasteiger partial charge in [-0.05, 0) is 45.7 Å². The molecular formula is C16H22IN2O6P. The predicted molar refractivity (Wildman–Crippen MR) is 104 cm³/mol. The molecule has 0 radical (unpaired) electrons. The Morgan fingerprint density at radius 3 is 2.58 bits per heavy atom. The van der Waals surface area contributed by atoms with Crippen LogP contribution in [0.1, 0.15) is 25.0 Å². The van der Waals surface area contributed by atoms with E-state index in [2.05, 4.69) is 22.6 Å². The van der Waals surface area contributed by atoms with Crippen LogP contribution in [0.2, 0.25) is 0 Å². The highest BCUT2D eigenvalue weighted by Gasteiger charge is 2.38. The molecule has 2 amide bonds. The fourth-order valence-electron chi connectivity index (χ4n) is 3.04. The van der Waals surface area contributed by atoms with E-state index in [1.807, 2.05) is 32.0 Å². The maximum absolute atomic E-state index is 13.0. The van der Waals surface area contributed by atoms with Gasteiger partial charge >= 0.3 is 19.6 Å². The summed E-state index contributed by atoms with van der Waals surface area (Å²) in [5.74, 6) is -1.16. The summed E-state index contributed by atoms with van der Waals surface area (Å²) < 4.78 is 12.4. The summed E-state index contributed by atoms with van der Waals surface area (Å²) in [6.07, 6.45) is -0.563. The molecule has 8 nitrogen and oxygen atoms in total. The minimum atomic E-state index is -4.47. The maximum atomic E-state index is 13.0. The van der Waals surface area contributed by atoms with Crippen LogP contribution >= 0.6 is 30.2 Å². The van der Waals surface area contributed by atoms with Crippen LogP contribution in [-0.4, -0.2) is 55.6 Å². The van der Waals surface area contributed by atoms with Crippen LogP contribution in [-0.2, 0) is 22.3 Å². The van der Waals surface area contributed by atoms with E-state index in [1.165, 1.54) is 4.90 Å². The lowest BCUT2D eigenvalue weighted by atomic mass is 9.94. The number of carboxylic acid groups (broad SMARTS) is 1. The van der Waals surface area contributed by atoms with E-state index in [9.17, 15) is 29.0 Å². The van der Waals surface area contributed by atoms with E-state index in [-0.39, 0.29) is 25.4 Å². The summed E-state index contributed by atoms with van der Waals surface area (Å²) in [7, 11) is -4.47. The summed E-state index contributed by atoms with van der Waals surface area (Å²) in [4.78, 5) is 45.6. The van der Waals surface area contributed by atoms with Gasteiger partial charge in [-0.2, -0.15) is 0 Å². The zero-order chi connectivity index (χ0) is 19.6. The predicted octanol–water partition coefficient (Wildman–Crippen LogP) is 2.32. The first kappa shape index (κ1) is 21.1. The van der Waals surface area contributed by atoms with Crippen LogP contribution in [0, 0.1) is 9.49 Å². The highest BCUT2D eigenvalue weighted by Crippen LogP contribution is 2.36. The van der Waals surface area contributed by atoms with Gasteiger partial charge in [-0.1, -0.05) is 26.0 Å². The number of carbonyl (C=O) groups is 2. The van der Waals surface area contributed by atoms with Crippen molar-refractivity contribution in [3.63, 3.8) is 0 Å². The van der Waals surface area contributed by atoms with E-state index in [0.29, 0.717) is 0 Å². The number of urea groups is 1. The summed E-state index contributed by atoms with van der Waals surface area (Å²) in [5, 5.41) is 9.60. The standard InChI is InChI=1S/C16H22IN2O6P/c1-10(2)7-18(9-26(23,24)25)16(22)19-8-11-4-3-5-13(17)12(11)6-14(19)15(20)21/h3-5,10,14H,6-9H2,1-2H3,(H,20,21)(H2,23,24,25). The van der Waals surface area contributed by atoms with Crippen molar-refractivity contribution in [2.45, 2.75) is 32.9 Å². The largest absolute Gasteiger partial charge is 0.480 e. The number of aliphatic carboxylic acids is 1. The van der Waals surface area contributed by atoms with Crippen molar-refractivity contribution in [2.24, 2.45) is 5.92 Å². The number of benzene rings is 1. The molecule has 0 saturated carbocycles. The van der Waals surface area contributed by atoms with Gasteiger partial charge in [0.15, 0.2) is 0 Å². The second kappa shape index (κ2) is 8.24. The number of carboxylic acids is 1. The van der Waals surface area contributed by atoms with E-state index < -0.39 is 31.9 Å². The smallest absolute Gasteiger partial charge is 0.344 e. The second-order valence-electron chi connectivity index (χ2n) is 6.77. The topological polar surface area (TPSA) is 118 Å². The monoisotopic (exact) mass is 496 g/mol. The third-order valence-corrected chi connectivity index (χ3v) is 5.79. The average Bonchev–Trinajstić information content (AvgIpc) is 2.51. The Morgan fingerprint density at radius 2 is 2.04 bits per heavy atom. The highest BCUT2D eigenvalue weighted by molar-refractivity contribution is 14.1. The minimum Gasteiger partial charge on any atom is -0.480 e. The zero-order valence-electron chi connectivity index (χ0n) is 14.5. The number of fused-ring (bicyclic) bond motifs is 1. The van der Waals surface area contributed by atoms with Crippen LogP contribution in [0.25, 0.3) is 0 Å². The van der Waals surface area contributed by atoms with E-state index >= 15 is 0 Å². The number of nitrogens with zero attached hydrogens (tertiary/aromatic N) is 2. The molecule has 0 aliphatic carbocycles. The summed E-state index contributed by atoms with van der Waals surface area (Å²) >= 11 is 2.14. The van der Waals surface area contributed by atoms with Crippen molar-refractivity contribution in [2.75, 3.05) is 12.8 Å². The van der Waals surface area contributed by atoms with Crippen molar-refractivity contribution >= 4 is 42.2 Å². The first-order chi connectivity index (χ1) is 12.0. The number of hydrogen-bond acceptors (Lipinski definition) is 3. The molecule has 26 heavy (non-hydrogen) atoms. The molecule has 3 N–H and O–H groups in total. The highest BCUT2D eigenvalue weighted by atomic mass is 127. The molecular weight excluding hydrogens is 474 g/mol. The molecule has 2 rings (SSSR count). The summed E-state index contributed by atoms with van der Waals surface area (Å²) in [6.45, 7) is 3.87.